The van der Waals surface area contributed by atoms with E-state index >= 15 is 0 Å². The van der Waals surface area contributed by atoms with Crippen molar-refractivity contribution in [1.29, 1.82) is 0 Å². The van der Waals surface area contributed by atoms with Crippen LogP contribution in [0.5, 0.6) is 0 Å². The van der Waals surface area contributed by atoms with Crippen molar-refractivity contribution in [2.45, 2.75) is 5.33 Å². The lowest BCUT2D eigenvalue weighted by Gasteiger charge is -2.00. The van der Waals surface area contributed by atoms with E-state index in [1.54, 1.807) is 0 Å². The maximum absolute atomic E-state index is 6.13. The van der Waals surface area contributed by atoms with Gasteiger partial charge in [0, 0.05) is 22.4 Å². The lowest BCUT2D eigenvalue weighted by Crippen LogP contribution is -1.79. The van der Waals surface area contributed by atoms with Crippen LogP contribution in [0.15, 0.2) is 24.4 Å². The number of aromatic nitrogens is 1. The molecule has 0 amide bonds. The quantitative estimate of drug-likeness (QED) is 0.736. The van der Waals surface area contributed by atoms with Crippen molar-refractivity contribution in [3.05, 3.63) is 35.0 Å². The van der Waals surface area contributed by atoms with E-state index in [2.05, 4.69) is 20.9 Å². The molecule has 0 atom stereocenters. The second-order valence-corrected chi connectivity index (χ2v) is 3.55. The summed E-state index contributed by atoms with van der Waals surface area (Å²) in [5.74, 6) is 0. The minimum absolute atomic E-state index is 0.799. The van der Waals surface area contributed by atoms with Crippen LogP contribution in [0.1, 0.15) is 5.56 Å². The van der Waals surface area contributed by atoms with Crippen LogP contribution in [0.3, 0.4) is 0 Å². The molecule has 0 fully saturated rings. The fraction of sp³-hybridized carbons (Fsp3) is 0.111. The third kappa shape index (κ3) is 1.15. The summed E-state index contributed by atoms with van der Waals surface area (Å²) in [5.41, 5.74) is 2.22. The summed E-state index contributed by atoms with van der Waals surface area (Å²) in [6.45, 7) is 0. The molecule has 0 saturated carbocycles. The summed E-state index contributed by atoms with van der Waals surface area (Å²) in [6, 6.07) is 6.05. The minimum atomic E-state index is 0.799. The van der Waals surface area contributed by atoms with Gasteiger partial charge in [-0.25, -0.2) is 0 Å². The first-order valence-corrected chi connectivity index (χ1v) is 5.13. The van der Waals surface area contributed by atoms with E-state index in [4.69, 9.17) is 11.6 Å². The lowest BCUT2D eigenvalue weighted by atomic mass is 10.2. The van der Waals surface area contributed by atoms with Gasteiger partial charge in [-0.05, 0) is 17.7 Å². The second kappa shape index (κ2) is 3.11. The van der Waals surface area contributed by atoms with Gasteiger partial charge in [0.1, 0.15) is 0 Å². The van der Waals surface area contributed by atoms with Crippen LogP contribution in [0, 0.1) is 0 Å². The molecule has 0 saturated heterocycles. The van der Waals surface area contributed by atoms with Gasteiger partial charge in [-0.1, -0.05) is 33.6 Å². The first kappa shape index (κ1) is 8.14. The Morgan fingerprint density at radius 3 is 2.92 bits per heavy atom. The summed E-state index contributed by atoms with van der Waals surface area (Å²) in [5, 5.41) is 2.73. The first-order chi connectivity index (χ1) is 5.83. The van der Waals surface area contributed by atoms with Crippen molar-refractivity contribution < 1.29 is 0 Å². The second-order valence-electron chi connectivity index (χ2n) is 2.61. The van der Waals surface area contributed by atoms with Gasteiger partial charge in [-0.15, -0.1) is 0 Å². The van der Waals surface area contributed by atoms with Crippen molar-refractivity contribution in [2.24, 2.45) is 0 Å². The number of hydrogen-bond donors (Lipinski definition) is 1. The SMILES string of the molecule is Clc1c(CBr)ccc2[nH]ccc12. The van der Waals surface area contributed by atoms with Gasteiger partial charge in [0.05, 0.1) is 5.02 Å². The topological polar surface area (TPSA) is 15.8 Å². The molecule has 0 radical (unpaired) electrons. The Kier molecular flexibility index (Phi) is 2.11. The Morgan fingerprint density at radius 1 is 1.33 bits per heavy atom. The smallest absolute Gasteiger partial charge is 0.0540 e. The summed E-state index contributed by atoms with van der Waals surface area (Å²) in [6.07, 6.45) is 1.90. The summed E-state index contributed by atoms with van der Waals surface area (Å²) >= 11 is 9.52. The van der Waals surface area contributed by atoms with E-state index in [1.807, 2.05) is 24.4 Å². The number of rotatable bonds is 1. The van der Waals surface area contributed by atoms with E-state index in [1.165, 1.54) is 0 Å². The Labute approximate surface area is 83.9 Å². The fourth-order valence-corrected chi connectivity index (χ4v) is 2.17. The van der Waals surface area contributed by atoms with E-state index in [9.17, 15) is 0 Å². The van der Waals surface area contributed by atoms with Crippen LogP contribution in [-0.2, 0) is 5.33 Å². The number of fused-ring (bicyclic) bond motifs is 1. The lowest BCUT2D eigenvalue weighted by molar-refractivity contribution is 1.44. The van der Waals surface area contributed by atoms with Crippen LogP contribution in [0.4, 0.5) is 0 Å². The Hall–Kier alpha value is -0.470. The molecular formula is C9H7BrClN. The Bertz CT molecular complexity index is 408. The maximum atomic E-state index is 6.13. The molecular weight excluding hydrogens is 237 g/mol. The zero-order valence-corrected chi connectivity index (χ0v) is 8.61. The molecule has 62 valence electrons. The molecule has 0 aliphatic carbocycles. The normalized spacial score (nSPS) is 10.8. The number of aromatic amines is 1. The van der Waals surface area contributed by atoms with Crippen LogP contribution < -0.4 is 0 Å². The number of alkyl halides is 1. The summed E-state index contributed by atoms with van der Waals surface area (Å²) < 4.78 is 0. The van der Waals surface area contributed by atoms with Crippen molar-refractivity contribution in [3.63, 3.8) is 0 Å². The molecule has 1 heterocycles. The van der Waals surface area contributed by atoms with Crippen LogP contribution in [0.2, 0.25) is 5.02 Å². The molecule has 0 aliphatic heterocycles. The zero-order valence-electron chi connectivity index (χ0n) is 6.27. The highest BCUT2D eigenvalue weighted by Gasteiger charge is 2.03. The average Bonchev–Trinajstić information content (AvgIpc) is 2.53. The van der Waals surface area contributed by atoms with Crippen molar-refractivity contribution in [1.82, 2.24) is 4.98 Å². The van der Waals surface area contributed by atoms with Gasteiger partial charge >= 0.3 is 0 Å². The third-order valence-electron chi connectivity index (χ3n) is 1.89. The molecule has 3 heteroatoms. The first-order valence-electron chi connectivity index (χ1n) is 3.63. The fourth-order valence-electron chi connectivity index (χ4n) is 1.24. The molecule has 2 rings (SSSR count). The molecule has 0 spiro atoms. The molecule has 1 aromatic heterocycles. The van der Waals surface area contributed by atoms with E-state index < -0.39 is 0 Å². The van der Waals surface area contributed by atoms with Crippen molar-refractivity contribution in [3.8, 4) is 0 Å². The monoisotopic (exact) mass is 243 g/mol. The number of hydrogen-bond acceptors (Lipinski definition) is 0. The molecule has 1 aromatic carbocycles. The standard InChI is InChI=1S/C9H7BrClN/c10-5-6-1-2-8-7(9(6)11)3-4-12-8/h1-4,12H,5H2. The van der Waals surface area contributed by atoms with Crippen LogP contribution in [0.25, 0.3) is 10.9 Å². The number of nitrogens with one attached hydrogen (secondary N) is 1. The molecule has 2 aromatic rings. The number of halogens is 2. The average molecular weight is 245 g/mol. The molecule has 1 N–H and O–H groups in total. The van der Waals surface area contributed by atoms with E-state index in [0.717, 1.165) is 26.8 Å². The van der Waals surface area contributed by atoms with Gasteiger partial charge < -0.3 is 4.98 Å². The third-order valence-corrected chi connectivity index (χ3v) is 2.94. The molecule has 0 bridgehead atoms. The predicted molar refractivity (Wildman–Crippen MR) is 55.9 cm³/mol. The van der Waals surface area contributed by atoms with Gasteiger partial charge in [-0.3, -0.25) is 0 Å². The zero-order chi connectivity index (χ0) is 8.55. The molecule has 0 aliphatic rings. The van der Waals surface area contributed by atoms with Gasteiger partial charge in [0.15, 0.2) is 0 Å². The molecule has 0 unspecified atom stereocenters. The van der Waals surface area contributed by atoms with Crippen molar-refractivity contribution >= 4 is 38.4 Å². The number of H-pyrrole nitrogens is 1. The molecule has 1 nitrogen and oxygen atoms in total. The van der Waals surface area contributed by atoms with Gasteiger partial charge in [0.25, 0.3) is 0 Å². The highest BCUT2D eigenvalue weighted by atomic mass is 79.9. The Balaban J connectivity index is 2.78. The largest absolute Gasteiger partial charge is 0.361 e. The summed E-state index contributed by atoms with van der Waals surface area (Å²) in [7, 11) is 0. The Morgan fingerprint density at radius 2 is 2.17 bits per heavy atom. The highest BCUT2D eigenvalue weighted by Crippen LogP contribution is 2.27. The highest BCUT2D eigenvalue weighted by molar-refractivity contribution is 9.08. The predicted octanol–water partition coefficient (Wildman–Crippen LogP) is 3.72. The van der Waals surface area contributed by atoms with E-state index in [-0.39, 0.29) is 0 Å². The number of benzene rings is 1. The van der Waals surface area contributed by atoms with E-state index in [0.29, 0.717) is 0 Å². The van der Waals surface area contributed by atoms with Crippen LogP contribution in [-0.4, -0.2) is 4.98 Å². The van der Waals surface area contributed by atoms with Gasteiger partial charge in [-0.2, -0.15) is 0 Å². The minimum Gasteiger partial charge on any atom is -0.361 e. The van der Waals surface area contributed by atoms with Crippen LogP contribution >= 0.6 is 27.5 Å². The van der Waals surface area contributed by atoms with Crippen molar-refractivity contribution in [2.75, 3.05) is 0 Å². The molecule has 12 heavy (non-hydrogen) atoms. The van der Waals surface area contributed by atoms with Gasteiger partial charge in [0.2, 0.25) is 0 Å². The summed E-state index contributed by atoms with van der Waals surface area (Å²) in [4.78, 5) is 3.11. The maximum Gasteiger partial charge on any atom is 0.0540 e.